The molecule has 1 N–H and O–H groups in total. The van der Waals surface area contributed by atoms with E-state index in [1.807, 2.05) is 16.5 Å². The molecule has 0 unspecified atom stereocenters. The first kappa shape index (κ1) is 17.3. The number of nitrogens with one attached hydrogen (secondary N) is 1. The number of aryl methyl sites for hydroxylation is 2. The predicted molar refractivity (Wildman–Crippen MR) is 99.1 cm³/mol. The highest BCUT2D eigenvalue weighted by Gasteiger charge is 2.12. The summed E-state index contributed by atoms with van der Waals surface area (Å²) in [4.78, 5) is 27.0. The number of H-pyrrole nitrogens is 1. The number of unbranched alkanes of at least 4 members (excludes halogenated alkanes) is 1. The maximum atomic E-state index is 12.4. The Balaban J connectivity index is 2.02. The number of ether oxygens (including phenoxy) is 1. The Kier molecular flexibility index (Phi) is 5.22. The van der Waals surface area contributed by atoms with Crippen molar-refractivity contribution in [1.82, 2.24) is 9.38 Å². The zero-order valence-electron chi connectivity index (χ0n) is 14.8. The molecule has 2 aromatic heterocycles. The van der Waals surface area contributed by atoms with Gasteiger partial charge < -0.3 is 14.1 Å². The minimum absolute atomic E-state index is 0.109. The lowest BCUT2D eigenvalue weighted by molar-refractivity contribution is -0.143. The number of rotatable bonds is 7. The zero-order valence-corrected chi connectivity index (χ0v) is 14.8. The highest BCUT2D eigenvalue weighted by molar-refractivity contribution is 5.79. The molecule has 0 aliphatic carbocycles. The van der Waals surface area contributed by atoms with Crippen LogP contribution in [0.15, 0.2) is 35.1 Å². The lowest BCUT2D eigenvalue weighted by atomic mass is 10.1. The van der Waals surface area contributed by atoms with Gasteiger partial charge in [-0.1, -0.05) is 19.4 Å². The van der Waals surface area contributed by atoms with Crippen LogP contribution in [0.3, 0.4) is 0 Å². The summed E-state index contributed by atoms with van der Waals surface area (Å²) in [7, 11) is 0. The predicted octanol–water partition coefficient (Wildman–Crippen LogP) is 3.62. The lowest BCUT2D eigenvalue weighted by Gasteiger charge is -2.09. The van der Waals surface area contributed by atoms with Crippen LogP contribution in [0, 0.1) is 0 Å². The van der Waals surface area contributed by atoms with E-state index in [0.717, 1.165) is 36.0 Å². The van der Waals surface area contributed by atoms with Crippen molar-refractivity contribution < 1.29 is 9.53 Å². The van der Waals surface area contributed by atoms with Gasteiger partial charge in [0.25, 0.3) is 5.56 Å². The third-order valence-electron chi connectivity index (χ3n) is 4.45. The van der Waals surface area contributed by atoms with Crippen molar-refractivity contribution in [2.24, 2.45) is 0 Å². The topological polar surface area (TPSA) is 63.6 Å². The van der Waals surface area contributed by atoms with Gasteiger partial charge in [0.2, 0.25) is 0 Å². The Morgan fingerprint density at radius 1 is 1.12 bits per heavy atom. The summed E-state index contributed by atoms with van der Waals surface area (Å²) in [6.45, 7) is 4.35. The second kappa shape index (κ2) is 7.55. The quantitative estimate of drug-likeness (QED) is 0.668. The van der Waals surface area contributed by atoms with E-state index in [2.05, 4.69) is 30.1 Å². The minimum Gasteiger partial charge on any atom is -0.466 e. The van der Waals surface area contributed by atoms with Crippen molar-refractivity contribution in [3.8, 4) is 0 Å². The fraction of sp³-hybridized carbons (Fsp3) is 0.400. The van der Waals surface area contributed by atoms with Crippen molar-refractivity contribution in [3.63, 3.8) is 0 Å². The molecule has 0 spiro atoms. The summed E-state index contributed by atoms with van der Waals surface area (Å²) < 4.78 is 6.96. The number of hydrogen-bond acceptors (Lipinski definition) is 3. The number of esters is 1. The van der Waals surface area contributed by atoms with E-state index >= 15 is 0 Å². The van der Waals surface area contributed by atoms with Crippen LogP contribution in [0.2, 0.25) is 0 Å². The molecule has 5 nitrogen and oxygen atoms in total. The van der Waals surface area contributed by atoms with Gasteiger partial charge in [0.15, 0.2) is 0 Å². The van der Waals surface area contributed by atoms with Crippen LogP contribution < -0.4 is 5.56 Å². The molecule has 5 heteroatoms. The number of carbonyl (C=O) groups is 1. The molecular formula is C20H24N2O3. The Morgan fingerprint density at radius 3 is 2.68 bits per heavy atom. The molecule has 132 valence electrons. The molecule has 0 radical (unpaired) electrons. The van der Waals surface area contributed by atoms with E-state index in [1.54, 1.807) is 6.92 Å². The van der Waals surface area contributed by atoms with Crippen LogP contribution in [-0.2, 0) is 22.4 Å². The maximum Gasteiger partial charge on any atom is 0.306 e. The normalized spacial score (nSPS) is 11.3. The average Bonchev–Trinajstić information content (AvgIpc) is 3.03. The number of benzene rings is 1. The third kappa shape index (κ3) is 3.60. The molecule has 0 fully saturated rings. The van der Waals surface area contributed by atoms with Gasteiger partial charge in [-0.25, -0.2) is 0 Å². The molecule has 0 atom stereocenters. The van der Waals surface area contributed by atoms with Gasteiger partial charge in [0.1, 0.15) is 5.52 Å². The highest BCUT2D eigenvalue weighted by atomic mass is 16.5. The molecule has 0 saturated carbocycles. The van der Waals surface area contributed by atoms with Gasteiger partial charge >= 0.3 is 5.97 Å². The Hall–Kier alpha value is -2.56. The third-order valence-corrected chi connectivity index (χ3v) is 4.45. The number of carbonyl (C=O) groups excluding carboxylic acids is 1. The van der Waals surface area contributed by atoms with Crippen LogP contribution in [0.25, 0.3) is 16.6 Å². The van der Waals surface area contributed by atoms with Gasteiger partial charge in [-0.15, -0.1) is 0 Å². The minimum atomic E-state index is -0.214. The number of aromatic amines is 1. The fourth-order valence-electron chi connectivity index (χ4n) is 3.20. The van der Waals surface area contributed by atoms with Crippen molar-refractivity contribution in [3.05, 3.63) is 51.9 Å². The summed E-state index contributed by atoms with van der Waals surface area (Å²) in [6, 6.07) is 9.95. The molecule has 25 heavy (non-hydrogen) atoms. The molecule has 1 aromatic carbocycles. The molecule has 0 amide bonds. The van der Waals surface area contributed by atoms with Crippen LogP contribution in [-0.4, -0.2) is 22.0 Å². The van der Waals surface area contributed by atoms with Crippen LogP contribution >= 0.6 is 0 Å². The lowest BCUT2D eigenvalue weighted by Crippen LogP contribution is -2.12. The molecule has 0 aliphatic heterocycles. The zero-order chi connectivity index (χ0) is 17.8. The van der Waals surface area contributed by atoms with Crippen LogP contribution in [0.5, 0.6) is 0 Å². The van der Waals surface area contributed by atoms with E-state index in [0.29, 0.717) is 25.0 Å². The number of hydrogen-bond donors (Lipinski definition) is 1. The van der Waals surface area contributed by atoms with Crippen molar-refractivity contribution in [2.75, 3.05) is 6.61 Å². The summed E-state index contributed by atoms with van der Waals surface area (Å²) >= 11 is 0. The van der Waals surface area contributed by atoms with Crippen molar-refractivity contribution in [2.45, 2.75) is 46.0 Å². The summed E-state index contributed by atoms with van der Waals surface area (Å²) in [6.07, 6.45) is 4.13. The number of aromatic nitrogens is 2. The SMILES string of the molecule is CCCCc1ccc2c(c1)[nH]c(=O)c1ccc(CCC(=O)OCC)n12. The Bertz CT molecular complexity index is 953. The summed E-state index contributed by atoms with van der Waals surface area (Å²) in [5.74, 6) is -0.214. The smallest absolute Gasteiger partial charge is 0.306 e. The highest BCUT2D eigenvalue weighted by Crippen LogP contribution is 2.19. The summed E-state index contributed by atoms with van der Waals surface area (Å²) in [5, 5.41) is 0. The van der Waals surface area contributed by atoms with Crippen LogP contribution in [0.4, 0.5) is 0 Å². The molecular weight excluding hydrogens is 316 g/mol. The van der Waals surface area contributed by atoms with Gasteiger partial charge in [0, 0.05) is 5.69 Å². The Morgan fingerprint density at radius 2 is 1.92 bits per heavy atom. The van der Waals surface area contributed by atoms with Gasteiger partial charge in [0.05, 0.1) is 24.1 Å². The molecule has 0 saturated heterocycles. The van der Waals surface area contributed by atoms with Crippen molar-refractivity contribution >= 4 is 22.5 Å². The summed E-state index contributed by atoms with van der Waals surface area (Å²) in [5.41, 5.74) is 4.46. The fourth-order valence-corrected chi connectivity index (χ4v) is 3.20. The average molecular weight is 340 g/mol. The molecule has 2 heterocycles. The van der Waals surface area contributed by atoms with E-state index < -0.39 is 0 Å². The Labute approximate surface area is 146 Å². The first-order chi connectivity index (χ1) is 12.1. The standard InChI is InChI=1S/C20H24N2O3/c1-3-5-6-14-7-10-17-16(13-14)21-20(24)18-11-8-15(22(17)18)9-12-19(23)25-4-2/h7-8,10-11,13H,3-6,9,12H2,1-2H3,(H,21,24). The maximum absolute atomic E-state index is 12.4. The molecule has 3 rings (SSSR count). The number of nitrogens with zero attached hydrogens (tertiary/aromatic N) is 1. The molecule has 3 aromatic rings. The second-order valence-electron chi connectivity index (χ2n) is 6.26. The van der Waals surface area contributed by atoms with Gasteiger partial charge in [-0.2, -0.15) is 0 Å². The van der Waals surface area contributed by atoms with E-state index in [-0.39, 0.29) is 11.5 Å². The van der Waals surface area contributed by atoms with E-state index in [1.165, 1.54) is 5.56 Å². The van der Waals surface area contributed by atoms with Gasteiger partial charge in [-0.05, 0) is 56.0 Å². The molecule has 0 aliphatic rings. The van der Waals surface area contributed by atoms with Gasteiger partial charge in [-0.3, -0.25) is 9.59 Å². The largest absolute Gasteiger partial charge is 0.466 e. The van der Waals surface area contributed by atoms with Crippen LogP contribution in [0.1, 0.15) is 44.4 Å². The first-order valence-electron chi connectivity index (χ1n) is 8.95. The second-order valence-corrected chi connectivity index (χ2v) is 6.26. The van der Waals surface area contributed by atoms with E-state index in [9.17, 15) is 9.59 Å². The first-order valence-corrected chi connectivity index (χ1v) is 8.95. The van der Waals surface area contributed by atoms with Crippen molar-refractivity contribution in [1.29, 1.82) is 0 Å². The van der Waals surface area contributed by atoms with E-state index in [4.69, 9.17) is 4.74 Å². The monoisotopic (exact) mass is 340 g/mol. The molecule has 0 bridgehead atoms. The number of fused-ring (bicyclic) bond motifs is 3.